The molecule has 2 heterocycles. The first-order valence-corrected chi connectivity index (χ1v) is 20.8. The van der Waals surface area contributed by atoms with Crippen molar-refractivity contribution in [3.8, 4) is 0 Å². The molecule has 0 radical (unpaired) electrons. The van der Waals surface area contributed by atoms with Crippen LogP contribution in [0.25, 0.3) is 0 Å². The molecule has 1 aliphatic carbocycles. The van der Waals surface area contributed by atoms with E-state index < -0.39 is 59.5 Å². The highest BCUT2D eigenvalue weighted by atomic mass is 16.6. The zero-order valence-electron chi connectivity index (χ0n) is 35.9. The number of hydrogen-bond acceptors (Lipinski definition) is 10. The minimum absolute atomic E-state index is 0.111. The van der Waals surface area contributed by atoms with Gasteiger partial charge in [0.05, 0.1) is 12.1 Å². The normalized spacial score (nSPS) is 20.2. The van der Waals surface area contributed by atoms with E-state index in [2.05, 4.69) is 25.8 Å². The van der Waals surface area contributed by atoms with Gasteiger partial charge in [0.1, 0.15) is 23.8 Å². The van der Waals surface area contributed by atoms with Crippen molar-refractivity contribution in [3.63, 3.8) is 0 Å². The zero-order chi connectivity index (χ0) is 42.9. The molecule has 3 aromatic rings. The highest BCUT2D eigenvalue weighted by Gasteiger charge is 2.41. The fraction of sp³-hybridized carbons (Fsp3) is 0.543. The third-order valence-corrected chi connectivity index (χ3v) is 10.5. The van der Waals surface area contributed by atoms with E-state index in [0.717, 1.165) is 22.3 Å². The van der Waals surface area contributed by atoms with Crippen molar-refractivity contribution in [3.05, 3.63) is 101 Å². The fourth-order valence-corrected chi connectivity index (χ4v) is 7.81. The summed E-state index contributed by atoms with van der Waals surface area (Å²) in [6.07, 6.45) is 2.06. The van der Waals surface area contributed by atoms with Gasteiger partial charge < -0.3 is 30.5 Å². The second kappa shape index (κ2) is 19.9. The summed E-state index contributed by atoms with van der Waals surface area (Å²) in [5.74, 6) is -1.97. The van der Waals surface area contributed by atoms with Crippen molar-refractivity contribution >= 4 is 23.9 Å². The van der Waals surface area contributed by atoms with Crippen LogP contribution in [0.15, 0.2) is 79.1 Å². The van der Waals surface area contributed by atoms with Crippen LogP contribution in [0.3, 0.4) is 0 Å². The van der Waals surface area contributed by atoms with Crippen molar-refractivity contribution in [1.82, 2.24) is 30.7 Å². The number of carbonyl (C=O) groups excluding carboxylic acids is 4. The Labute approximate surface area is 349 Å². The summed E-state index contributed by atoms with van der Waals surface area (Å²) in [6.45, 7) is 17.3. The number of benzene rings is 2. The number of esters is 1. The van der Waals surface area contributed by atoms with Crippen molar-refractivity contribution in [2.45, 2.75) is 123 Å². The number of ether oxygens (including phenoxy) is 2. The lowest BCUT2D eigenvalue weighted by Gasteiger charge is -2.42. The molecule has 3 amide bonds. The molecule has 1 aliphatic heterocycles. The van der Waals surface area contributed by atoms with Gasteiger partial charge in [-0.3, -0.25) is 24.4 Å². The number of nitrogens with zero attached hydrogens (tertiary/aromatic N) is 3. The van der Waals surface area contributed by atoms with Crippen LogP contribution in [0.1, 0.15) is 90.1 Å². The average Bonchev–Trinajstić information content (AvgIpc) is 3.49. The molecular formula is C46H64N6O7. The van der Waals surface area contributed by atoms with Crippen LogP contribution in [0, 0.1) is 11.8 Å². The van der Waals surface area contributed by atoms with Gasteiger partial charge in [-0.15, -0.1) is 0 Å². The molecule has 1 fully saturated rings. The van der Waals surface area contributed by atoms with Gasteiger partial charge >= 0.3 is 12.1 Å². The Morgan fingerprint density at radius 2 is 1.61 bits per heavy atom. The Morgan fingerprint density at radius 3 is 2.27 bits per heavy atom. The number of piperazine rings is 1. The van der Waals surface area contributed by atoms with E-state index >= 15 is 0 Å². The third kappa shape index (κ3) is 13.6. The van der Waals surface area contributed by atoms with Crippen molar-refractivity contribution < 1.29 is 33.8 Å². The molecule has 0 bridgehead atoms. The van der Waals surface area contributed by atoms with Crippen LogP contribution in [0.2, 0.25) is 0 Å². The minimum atomic E-state index is -0.975. The lowest BCUT2D eigenvalue weighted by atomic mass is 9.91. The van der Waals surface area contributed by atoms with Gasteiger partial charge in [-0.2, -0.15) is 0 Å². The van der Waals surface area contributed by atoms with Gasteiger partial charge in [0.25, 0.3) is 0 Å². The first-order valence-electron chi connectivity index (χ1n) is 20.8. The standard InChI is InChI=1S/C46H64N6O7/c1-30(2)39(49-44(57)59-46(6,7)8)43(56)58-38-25-33-18-12-13-19-36(33)40(38)48-41(54)34(23-31-15-10-9-11-16-31)24-35(53)28-52-22-21-51(27-32-17-14-20-47-26-32)29-37(52)42(55)50-45(3,4)5/h9-20,26,30,34-35,37-40,53H,21-25,27-29H2,1-8H3,(H,48,54)(H,49,57)(H,50,55)/t34-,35+,37+,38-,39?,40+/m1/s1. The van der Waals surface area contributed by atoms with Crippen molar-refractivity contribution in [2.24, 2.45) is 11.8 Å². The molecule has 2 aromatic carbocycles. The second-order valence-corrected chi connectivity index (χ2v) is 18.4. The maximum atomic E-state index is 14.5. The van der Waals surface area contributed by atoms with Gasteiger partial charge in [-0.1, -0.05) is 74.5 Å². The summed E-state index contributed by atoms with van der Waals surface area (Å²) in [5.41, 5.74) is 2.59. The van der Waals surface area contributed by atoms with Gasteiger partial charge in [0.15, 0.2) is 0 Å². The van der Waals surface area contributed by atoms with E-state index in [1.165, 1.54) is 0 Å². The first kappa shape index (κ1) is 45.2. The average molecular weight is 813 g/mol. The Hall–Kier alpha value is -4.85. The number of amides is 3. The number of aliphatic hydroxyl groups is 1. The number of aliphatic hydroxyl groups excluding tert-OH is 1. The van der Waals surface area contributed by atoms with Gasteiger partial charge in [0.2, 0.25) is 11.8 Å². The van der Waals surface area contributed by atoms with Crippen LogP contribution in [0.5, 0.6) is 0 Å². The molecule has 6 atom stereocenters. The number of pyridine rings is 1. The summed E-state index contributed by atoms with van der Waals surface area (Å²) in [5, 5.41) is 20.8. The third-order valence-electron chi connectivity index (χ3n) is 10.5. The topological polar surface area (TPSA) is 162 Å². The van der Waals surface area contributed by atoms with Gasteiger partial charge in [-0.05, 0) is 88.6 Å². The number of rotatable bonds is 15. The Bertz CT molecular complexity index is 1860. The van der Waals surface area contributed by atoms with E-state index in [-0.39, 0.29) is 30.7 Å². The number of alkyl carbamates (subject to hydrolysis) is 1. The quantitative estimate of drug-likeness (QED) is 0.154. The lowest BCUT2D eigenvalue weighted by molar-refractivity contribution is -0.154. The predicted molar refractivity (Wildman–Crippen MR) is 226 cm³/mol. The van der Waals surface area contributed by atoms with Gasteiger partial charge in [0, 0.05) is 63.0 Å². The summed E-state index contributed by atoms with van der Waals surface area (Å²) >= 11 is 0. The van der Waals surface area contributed by atoms with Crippen molar-refractivity contribution in [2.75, 3.05) is 26.2 Å². The number of hydrogen-bond donors (Lipinski definition) is 4. The molecule has 0 saturated carbocycles. The second-order valence-electron chi connectivity index (χ2n) is 18.4. The number of carbonyl (C=O) groups is 4. The smallest absolute Gasteiger partial charge is 0.408 e. The van der Waals surface area contributed by atoms with Crippen molar-refractivity contribution in [1.29, 1.82) is 0 Å². The van der Waals surface area contributed by atoms with Gasteiger partial charge in [-0.25, -0.2) is 9.59 Å². The molecule has 4 N–H and O–H groups in total. The molecule has 0 spiro atoms. The number of β-amino-alcohol motifs (C(OH)–C–C–N with tert-alkyl or cyclic N) is 1. The zero-order valence-corrected chi connectivity index (χ0v) is 35.9. The number of nitrogens with one attached hydrogen (secondary N) is 3. The maximum Gasteiger partial charge on any atom is 0.408 e. The van der Waals surface area contributed by atoms with Crippen LogP contribution in [-0.2, 0) is 43.2 Å². The molecule has 1 saturated heterocycles. The van der Waals surface area contributed by atoms with Crippen LogP contribution in [0.4, 0.5) is 4.79 Å². The molecular weight excluding hydrogens is 749 g/mol. The molecule has 5 rings (SSSR count). The van der Waals surface area contributed by atoms with Crippen LogP contribution in [-0.4, -0.2) is 105 Å². The number of aromatic nitrogens is 1. The van der Waals surface area contributed by atoms with Crippen LogP contribution >= 0.6 is 0 Å². The first-order chi connectivity index (χ1) is 27.8. The monoisotopic (exact) mass is 812 g/mol. The molecule has 13 heteroatoms. The molecule has 1 aromatic heterocycles. The molecule has 59 heavy (non-hydrogen) atoms. The predicted octanol–water partition coefficient (Wildman–Crippen LogP) is 4.97. The van der Waals surface area contributed by atoms with E-state index in [9.17, 15) is 24.3 Å². The summed E-state index contributed by atoms with van der Waals surface area (Å²) in [4.78, 5) is 63.2. The summed E-state index contributed by atoms with van der Waals surface area (Å²) < 4.78 is 11.5. The van der Waals surface area contributed by atoms with E-state index in [1.807, 2.05) is 112 Å². The SMILES string of the molecule is CC(C)C(NC(=O)OC(C)(C)C)C(=O)O[C@@H]1Cc2ccccc2[C@@H]1NC(=O)[C@H](Cc1ccccc1)C[C@H](O)CN1CCN(Cc2cccnc2)C[C@H]1C(=O)NC(C)(C)C. The fourth-order valence-electron chi connectivity index (χ4n) is 7.81. The molecule has 1 unspecified atom stereocenters. The van der Waals surface area contributed by atoms with E-state index in [0.29, 0.717) is 39.0 Å². The summed E-state index contributed by atoms with van der Waals surface area (Å²) in [6, 6.07) is 19.1. The van der Waals surface area contributed by atoms with E-state index in [4.69, 9.17) is 9.47 Å². The largest absolute Gasteiger partial charge is 0.458 e. The summed E-state index contributed by atoms with van der Waals surface area (Å²) in [7, 11) is 0. The molecule has 13 nitrogen and oxygen atoms in total. The maximum absolute atomic E-state index is 14.5. The van der Waals surface area contributed by atoms with E-state index in [1.54, 1.807) is 27.0 Å². The highest BCUT2D eigenvalue weighted by Crippen LogP contribution is 2.35. The van der Waals surface area contributed by atoms with Crippen LogP contribution < -0.4 is 16.0 Å². The minimum Gasteiger partial charge on any atom is -0.458 e. The Balaban J connectivity index is 1.32. The lowest BCUT2D eigenvalue weighted by Crippen LogP contribution is -2.61. The number of fused-ring (bicyclic) bond motifs is 1. The highest BCUT2D eigenvalue weighted by molar-refractivity contribution is 5.83. The molecule has 320 valence electrons. The molecule has 2 aliphatic rings. The Morgan fingerprint density at radius 1 is 0.915 bits per heavy atom. The Kier molecular flexibility index (Phi) is 15.3.